The minimum atomic E-state index is 0.896. The number of fused-ring (bicyclic) bond motifs is 1. The Morgan fingerprint density at radius 2 is 1.67 bits per heavy atom. The molecule has 0 radical (unpaired) electrons. The first-order chi connectivity index (χ1) is 7.42. The minimum absolute atomic E-state index is 0.896. The van der Waals surface area contributed by atoms with Crippen LogP contribution >= 0.6 is 0 Å². The Hall–Kier alpha value is -0.0400. The van der Waals surface area contributed by atoms with Gasteiger partial charge in [-0.1, -0.05) is 26.2 Å². The van der Waals surface area contributed by atoms with E-state index in [9.17, 15) is 0 Å². The molecule has 1 N–H and O–H groups in total. The lowest BCUT2D eigenvalue weighted by atomic mass is 9.90. The van der Waals surface area contributed by atoms with Gasteiger partial charge < -0.3 is 5.32 Å². The Kier molecular flexibility index (Phi) is 2.76. The molecule has 3 rings (SSSR count). The second-order valence-corrected chi connectivity index (χ2v) is 5.96. The Balaban J connectivity index is 1.63. The summed E-state index contributed by atoms with van der Waals surface area (Å²) in [7, 11) is 0. The van der Waals surface area contributed by atoms with E-state index in [1.165, 1.54) is 38.6 Å². The molecule has 0 aliphatic heterocycles. The fourth-order valence-electron chi connectivity index (χ4n) is 4.58. The molecule has 1 nitrogen and oxygen atoms in total. The van der Waals surface area contributed by atoms with E-state index in [0.717, 1.165) is 29.7 Å². The summed E-state index contributed by atoms with van der Waals surface area (Å²) >= 11 is 0. The zero-order valence-electron chi connectivity index (χ0n) is 10.0. The molecule has 15 heavy (non-hydrogen) atoms. The third-order valence-corrected chi connectivity index (χ3v) is 5.23. The van der Waals surface area contributed by atoms with Crippen LogP contribution in [0.5, 0.6) is 0 Å². The molecule has 0 amide bonds. The van der Waals surface area contributed by atoms with Gasteiger partial charge in [0.2, 0.25) is 0 Å². The molecule has 0 aromatic carbocycles. The van der Waals surface area contributed by atoms with Crippen molar-refractivity contribution in [3.05, 3.63) is 0 Å². The van der Waals surface area contributed by atoms with Crippen molar-refractivity contribution in [3.8, 4) is 0 Å². The maximum Gasteiger partial charge on any atom is 0.0129 e. The van der Waals surface area contributed by atoms with Gasteiger partial charge in [0.1, 0.15) is 0 Å². The highest BCUT2D eigenvalue weighted by molar-refractivity contribution is 5.08. The van der Waals surface area contributed by atoms with Crippen LogP contribution in [-0.2, 0) is 0 Å². The standard InChI is InChI=1S/C14H25N/c1-2-15-14(10-6-3-4-7-10)13-11-8-5-9-12(11)13/h10-15H,2-9H2,1H3. The summed E-state index contributed by atoms with van der Waals surface area (Å²) in [6, 6.07) is 0.896. The van der Waals surface area contributed by atoms with Crippen LogP contribution in [0.1, 0.15) is 51.9 Å². The first-order valence-electron chi connectivity index (χ1n) is 7.15. The van der Waals surface area contributed by atoms with Crippen molar-refractivity contribution in [3.63, 3.8) is 0 Å². The van der Waals surface area contributed by atoms with Crippen LogP contribution in [-0.4, -0.2) is 12.6 Å². The Morgan fingerprint density at radius 3 is 2.27 bits per heavy atom. The van der Waals surface area contributed by atoms with Crippen molar-refractivity contribution < 1.29 is 0 Å². The molecule has 3 unspecified atom stereocenters. The van der Waals surface area contributed by atoms with Crippen LogP contribution in [0.25, 0.3) is 0 Å². The van der Waals surface area contributed by atoms with E-state index in [2.05, 4.69) is 12.2 Å². The van der Waals surface area contributed by atoms with Crippen LogP contribution in [0.3, 0.4) is 0 Å². The molecule has 0 aromatic rings. The van der Waals surface area contributed by atoms with Gasteiger partial charge in [-0.2, -0.15) is 0 Å². The molecule has 1 heteroatoms. The van der Waals surface area contributed by atoms with Gasteiger partial charge in [0, 0.05) is 6.04 Å². The SMILES string of the molecule is CCNC(C1CCCC1)C1C2CCCC21. The van der Waals surface area contributed by atoms with E-state index in [-0.39, 0.29) is 0 Å². The molecule has 86 valence electrons. The van der Waals surface area contributed by atoms with Crippen LogP contribution in [0.15, 0.2) is 0 Å². The van der Waals surface area contributed by atoms with Crippen LogP contribution in [0.4, 0.5) is 0 Å². The zero-order chi connectivity index (χ0) is 10.3. The van der Waals surface area contributed by atoms with Gasteiger partial charge in [-0.25, -0.2) is 0 Å². The van der Waals surface area contributed by atoms with Crippen molar-refractivity contribution in [1.82, 2.24) is 5.32 Å². The highest BCUT2D eigenvalue weighted by Crippen LogP contribution is 2.60. The lowest BCUT2D eigenvalue weighted by Crippen LogP contribution is -2.38. The van der Waals surface area contributed by atoms with Gasteiger partial charge in [0.05, 0.1) is 0 Å². The number of nitrogens with one attached hydrogen (secondary N) is 1. The molecule has 3 fully saturated rings. The minimum Gasteiger partial charge on any atom is -0.314 e. The van der Waals surface area contributed by atoms with Gasteiger partial charge >= 0.3 is 0 Å². The van der Waals surface area contributed by atoms with Crippen LogP contribution in [0, 0.1) is 23.7 Å². The number of rotatable bonds is 4. The van der Waals surface area contributed by atoms with Crippen LogP contribution in [0.2, 0.25) is 0 Å². The molecule has 3 atom stereocenters. The van der Waals surface area contributed by atoms with E-state index < -0.39 is 0 Å². The smallest absolute Gasteiger partial charge is 0.0129 e. The molecule has 0 spiro atoms. The lowest BCUT2D eigenvalue weighted by molar-refractivity contribution is 0.300. The van der Waals surface area contributed by atoms with Crippen molar-refractivity contribution in [2.24, 2.45) is 23.7 Å². The predicted octanol–water partition coefficient (Wildman–Crippen LogP) is 3.20. The first-order valence-corrected chi connectivity index (χ1v) is 7.15. The maximum atomic E-state index is 3.82. The zero-order valence-corrected chi connectivity index (χ0v) is 10.0. The molecule has 0 saturated heterocycles. The first kappa shape index (κ1) is 10.1. The van der Waals surface area contributed by atoms with Gasteiger partial charge in [0.15, 0.2) is 0 Å². The molecule has 3 aliphatic rings. The lowest BCUT2D eigenvalue weighted by Gasteiger charge is -2.26. The van der Waals surface area contributed by atoms with E-state index in [1.54, 1.807) is 12.8 Å². The fourth-order valence-corrected chi connectivity index (χ4v) is 4.58. The summed E-state index contributed by atoms with van der Waals surface area (Å²) in [5, 5.41) is 3.82. The highest BCUT2D eigenvalue weighted by Gasteiger charge is 2.56. The summed E-state index contributed by atoms with van der Waals surface area (Å²) in [6.07, 6.45) is 10.6. The molecule has 3 saturated carbocycles. The van der Waals surface area contributed by atoms with Crippen molar-refractivity contribution in [1.29, 1.82) is 0 Å². The number of hydrogen-bond donors (Lipinski definition) is 1. The van der Waals surface area contributed by atoms with Gasteiger partial charge in [-0.15, -0.1) is 0 Å². The molecule has 3 aliphatic carbocycles. The Bertz CT molecular complexity index is 209. The second-order valence-electron chi connectivity index (χ2n) is 5.96. The molecule has 0 bridgehead atoms. The Morgan fingerprint density at radius 1 is 1.00 bits per heavy atom. The predicted molar refractivity (Wildman–Crippen MR) is 63.7 cm³/mol. The quantitative estimate of drug-likeness (QED) is 0.746. The van der Waals surface area contributed by atoms with Crippen molar-refractivity contribution >= 4 is 0 Å². The third-order valence-electron chi connectivity index (χ3n) is 5.23. The summed E-state index contributed by atoms with van der Waals surface area (Å²) in [6.45, 7) is 3.46. The average molecular weight is 207 g/mol. The van der Waals surface area contributed by atoms with E-state index in [0.29, 0.717) is 0 Å². The van der Waals surface area contributed by atoms with Gasteiger partial charge in [-0.05, 0) is 55.9 Å². The molecular weight excluding hydrogens is 182 g/mol. The van der Waals surface area contributed by atoms with Crippen molar-refractivity contribution in [2.45, 2.75) is 57.9 Å². The second kappa shape index (κ2) is 4.08. The maximum absolute atomic E-state index is 3.82. The topological polar surface area (TPSA) is 12.0 Å². The fraction of sp³-hybridized carbons (Fsp3) is 1.00. The van der Waals surface area contributed by atoms with Crippen molar-refractivity contribution in [2.75, 3.05) is 6.54 Å². The normalized spacial score (nSPS) is 41.8. The monoisotopic (exact) mass is 207 g/mol. The van der Waals surface area contributed by atoms with Gasteiger partial charge in [-0.3, -0.25) is 0 Å². The van der Waals surface area contributed by atoms with Gasteiger partial charge in [0.25, 0.3) is 0 Å². The summed E-state index contributed by atoms with van der Waals surface area (Å²) in [5.74, 6) is 4.38. The molecular formula is C14H25N. The van der Waals surface area contributed by atoms with E-state index >= 15 is 0 Å². The number of hydrogen-bond acceptors (Lipinski definition) is 1. The van der Waals surface area contributed by atoms with Crippen LogP contribution < -0.4 is 5.32 Å². The summed E-state index contributed by atoms with van der Waals surface area (Å²) in [4.78, 5) is 0. The summed E-state index contributed by atoms with van der Waals surface area (Å²) in [5.41, 5.74) is 0. The molecule has 0 heterocycles. The van der Waals surface area contributed by atoms with E-state index in [1.807, 2.05) is 0 Å². The van der Waals surface area contributed by atoms with E-state index in [4.69, 9.17) is 0 Å². The Labute approximate surface area is 94.0 Å². The summed E-state index contributed by atoms with van der Waals surface area (Å²) < 4.78 is 0. The third kappa shape index (κ3) is 1.73. The largest absolute Gasteiger partial charge is 0.314 e. The average Bonchev–Trinajstić information content (AvgIpc) is 2.73. The molecule has 0 aromatic heterocycles. The highest BCUT2D eigenvalue weighted by atomic mass is 14.9.